The summed E-state index contributed by atoms with van der Waals surface area (Å²) in [5.74, 6) is 3.89. The number of hydrogen-bond donors (Lipinski definition) is 1. The van der Waals surface area contributed by atoms with Gasteiger partial charge in [-0.15, -0.1) is 0 Å². The van der Waals surface area contributed by atoms with Crippen molar-refractivity contribution in [2.75, 3.05) is 6.54 Å². The third kappa shape index (κ3) is 11.2. The molecular weight excluding hydrogens is 354 g/mol. The third-order valence-electron chi connectivity index (χ3n) is 6.63. The maximum Gasteiger partial charge on any atom is 0.253 e. The molecule has 0 saturated heterocycles. The standard InChI is InChI=1S/C26H52N3/c1-21(2)12-9-10-15-26(17-16-23(5)14-11-13-22(3)4)27-18-19-29-20-24(6)28(8)25(29)7/h20-23,26-27H,9-19H2,1-8H3/q+1. The van der Waals surface area contributed by atoms with Gasteiger partial charge in [0.25, 0.3) is 5.82 Å². The number of aromatic nitrogens is 2. The Kier molecular flexibility index (Phi) is 12.9. The Morgan fingerprint density at radius 2 is 1.45 bits per heavy atom. The average Bonchev–Trinajstić information content (AvgIpc) is 2.89. The van der Waals surface area contributed by atoms with Crippen LogP contribution in [0.2, 0.25) is 0 Å². The largest absolute Gasteiger partial charge is 0.310 e. The van der Waals surface area contributed by atoms with Gasteiger partial charge in [-0.3, -0.25) is 0 Å². The summed E-state index contributed by atoms with van der Waals surface area (Å²) >= 11 is 0. The van der Waals surface area contributed by atoms with Crippen LogP contribution in [0.5, 0.6) is 0 Å². The van der Waals surface area contributed by atoms with Crippen molar-refractivity contribution in [1.29, 1.82) is 0 Å². The molecule has 3 heteroatoms. The second-order valence-electron chi connectivity index (χ2n) is 10.4. The number of unbranched alkanes of at least 4 members (excludes halogenated alkanes) is 1. The van der Waals surface area contributed by atoms with E-state index in [0.717, 1.165) is 30.8 Å². The molecule has 1 aromatic heterocycles. The molecule has 1 rings (SSSR count). The van der Waals surface area contributed by atoms with Crippen LogP contribution in [0.25, 0.3) is 0 Å². The van der Waals surface area contributed by atoms with Crippen LogP contribution in [-0.2, 0) is 13.6 Å². The van der Waals surface area contributed by atoms with Crippen LogP contribution >= 0.6 is 0 Å². The predicted octanol–water partition coefficient (Wildman–Crippen LogP) is 6.35. The minimum Gasteiger partial charge on any atom is -0.310 e. The first-order valence-corrected chi connectivity index (χ1v) is 12.5. The lowest BCUT2D eigenvalue weighted by atomic mass is 9.92. The van der Waals surface area contributed by atoms with E-state index in [1.165, 1.54) is 69.3 Å². The van der Waals surface area contributed by atoms with Crippen LogP contribution in [-0.4, -0.2) is 17.2 Å². The molecule has 0 aliphatic heterocycles. The van der Waals surface area contributed by atoms with E-state index in [1.54, 1.807) is 0 Å². The fourth-order valence-electron chi connectivity index (χ4n) is 4.27. The maximum atomic E-state index is 3.91. The summed E-state index contributed by atoms with van der Waals surface area (Å²) in [5, 5.41) is 3.91. The number of nitrogens with one attached hydrogen (secondary N) is 1. The van der Waals surface area contributed by atoms with E-state index < -0.39 is 0 Å². The number of aryl methyl sites for hydroxylation is 1. The van der Waals surface area contributed by atoms with Crippen molar-refractivity contribution in [2.24, 2.45) is 24.8 Å². The molecule has 0 aromatic carbocycles. The molecule has 1 N–H and O–H groups in total. The molecule has 0 radical (unpaired) electrons. The molecule has 2 unspecified atom stereocenters. The van der Waals surface area contributed by atoms with Crippen molar-refractivity contribution >= 4 is 0 Å². The summed E-state index contributed by atoms with van der Waals surface area (Å²) in [6, 6.07) is 0.681. The van der Waals surface area contributed by atoms with Crippen molar-refractivity contribution in [3.8, 4) is 0 Å². The van der Waals surface area contributed by atoms with Gasteiger partial charge in [0.2, 0.25) is 0 Å². The van der Waals surface area contributed by atoms with Gasteiger partial charge in [0, 0.05) is 26.4 Å². The van der Waals surface area contributed by atoms with Gasteiger partial charge in [0.15, 0.2) is 0 Å². The number of rotatable bonds is 16. The predicted molar refractivity (Wildman–Crippen MR) is 127 cm³/mol. The van der Waals surface area contributed by atoms with Crippen LogP contribution in [0.15, 0.2) is 6.20 Å². The van der Waals surface area contributed by atoms with E-state index in [-0.39, 0.29) is 0 Å². The molecule has 2 atom stereocenters. The lowest BCUT2D eigenvalue weighted by Gasteiger charge is -2.21. The Morgan fingerprint density at radius 3 is 2.03 bits per heavy atom. The molecule has 29 heavy (non-hydrogen) atoms. The van der Waals surface area contributed by atoms with Crippen molar-refractivity contribution < 1.29 is 4.57 Å². The highest BCUT2D eigenvalue weighted by molar-refractivity contribution is 4.93. The van der Waals surface area contributed by atoms with E-state index in [9.17, 15) is 0 Å². The first-order chi connectivity index (χ1) is 13.7. The molecule has 0 spiro atoms. The van der Waals surface area contributed by atoms with Gasteiger partial charge in [-0.1, -0.05) is 73.1 Å². The summed E-state index contributed by atoms with van der Waals surface area (Å²) in [7, 11) is 2.16. The summed E-state index contributed by atoms with van der Waals surface area (Å²) in [6.45, 7) is 18.4. The molecule has 0 amide bonds. The van der Waals surface area contributed by atoms with E-state index in [4.69, 9.17) is 0 Å². The second kappa shape index (κ2) is 14.2. The zero-order valence-electron chi connectivity index (χ0n) is 21.1. The third-order valence-corrected chi connectivity index (χ3v) is 6.63. The lowest BCUT2D eigenvalue weighted by Crippen LogP contribution is -2.43. The van der Waals surface area contributed by atoms with E-state index in [0.29, 0.717) is 6.04 Å². The smallest absolute Gasteiger partial charge is 0.253 e. The van der Waals surface area contributed by atoms with Gasteiger partial charge in [0.05, 0.1) is 7.05 Å². The van der Waals surface area contributed by atoms with Gasteiger partial charge in [-0.05, 0) is 37.0 Å². The van der Waals surface area contributed by atoms with E-state index in [1.807, 2.05) is 0 Å². The highest BCUT2D eigenvalue weighted by atomic mass is 15.2. The van der Waals surface area contributed by atoms with Crippen molar-refractivity contribution in [3.63, 3.8) is 0 Å². The van der Waals surface area contributed by atoms with E-state index in [2.05, 4.69) is 76.2 Å². The Balaban J connectivity index is 2.43. The maximum absolute atomic E-state index is 3.91. The molecule has 1 heterocycles. The number of hydrogen-bond acceptors (Lipinski definition) is 1. The lowest BCUT2D eigenvalue weighted by molar-refractivity contribution is -0.700. The average molecular weight is 407 g/mol. The Hall–Kier alpha value is -0.830. The van der Waals surface area contributed by atoms with Gasteiger partial charge in [0.1, 0.15) is 18.4 Å². The van der Waals surface area contributed by atoms with Crippen molar-refractivity contribution in [3.05, 3.63) is 17.7 Å². The highest BCUT2D eigenvalue weighted by Gasteiger charge is 2.15. The fourth-order valence-corrected chi connectivity index (χ4v) is 4.27. The summed E-state index contributed by atoms with van der Waals surface area (Å²) < 4.78 is 4.68. The van der Waals surface area contributed by atoms with Crippen molar-refractivity contribution in [2.45, 2.75) is 119 Å². The van der Waals surface area contributed by atoms with E-state index >= 15 is 0 Å². The topological polar surface area (TPSA) is 20.8 Å². The quantitative estimate of drug-likeness (QED) is 0.251. The molecule has 0 aliphatic rings. The summed E-state index contributed by atoms with van der Waals surface area (Å²) in [4.78, 5) is 0. The Morgan fingerprint density at radius 1 is 0.828 bits per heavy atom. The number of nitrogens with zero attached hydrogens (tertiary/aromatic N) is 2. The van der Waals surface area contributed by atoms with Crippen LogP contribution < -0.4 is 9.88 Å². The zero-order chi connectivity index (χ0) is 21.8. The van der Waals surface area contributed by atoms with Gasteiger partial charge in [-0.2, -0.15) is 0 Å². The summed E-state index contributed by atoms with van der Waals surface area (Å²) in [5.41, 5.74) is 1.34. The van der Waals surface area contributed by atoms with Gasteiger partial charge < -0.3 is 5.32 Å². The molecule has 170 valence electrons. The minimum absolute atomic E-state index is 0.681. The summed E-state index contributed by atoms with van der Waals surface area (Å²) in [6.07, 6.45) is 14.6. The molecule has 0 aliphatic carbocycles. The normalized spacial score (nSPS) is 14.1. The highest BCUT2D eigenvalue weighted by Crippen LogP contribution is 2.19. The van der Waals surface area contributed by atoms with Gasteiger partial charge >= 0.3 is 0 Å². The number of imidazole rings is 1. The molecule has 3 nitrogen and oxygen atoms in total. The van der Waals surface area contributed by atoms with Crippen LogP contribution in [0.1, 0.15) is 104 Å². The van der Waals surface area contributed by atoms with Crippen molar-refractivity contribution in [1.82, 2.24) is 9.88 Å². The molecular formula is C26H52N3+. The molecule has 0 saturated carbocycles. The zero-order valence-corrected chi connectivity index (χ0v) is 21.1. The van der Waals surface area contributed by atoms with Crippen LogP contribution in [0.3, 0.4) is 0 Å². The molecule has 1 aromatic rings. The second-order valence-corrected chi connectivity index (χ2v) is 10.4. The fraction of sp³-hybridized carbons (Fsp3) is 0.885. The molecule has 0 fully saturated rings. The first kappa shape index (κ1) is 26.2. The SMILES string of the molecule is Cc1c[n+](CCNC(CCCCC(C)C)CCC(C)CCCC(C)C)c(C)n1C. The van der Waals surface area contributed by atoms with Crippen LogP contribution in [0, 0.1) is 31.6 Å². The first-order valence-electron chi connectivity index (χ1n) is 12.5. The Labute approximate surface area is 182 Å². The van der Waals surface area contributed by atoms with Crippen LogP contribution in [0.4, 0.5) is 0 Å². The molecule has 0 bridgehead atoms. The monoisotopic (exact) mass is 406 g/mol. The van der Waals surface area contributed by atoms with Gasteiger partial charge in [-0.25, -0.2) is 9.13 Å². The minimum atomic E-state index is 0.681. The Bertz CT molecular complexity index is 544.